The molecule has 0 fully saturated rings. The van der Waals surface area contributed by atoms with Gasteiger partial charge in [-0.1, -0.05) is 68.9 Å². The fourth-order valence-corrected chi connectivity index (χ4v) is 3.85. The van der Waals surface area contributed by atoms with Crippen molar-refractivity contribution < 1.29 is 9.72 Å². The van der Waals surface area contributed by atoms with Crippen molar-refractivity contribution in [1.29, 1.82) is 0 Å². The number of carbonyl (C=O) groups is 1. The van der Waals surface area contributed by atoms with Gasteiger partial charge >= 0.3 is 0 Å². The minimum Gasteiger partial charge on any atom is -0.320 e. The minimum atomic E-state index is -0.514. The van der Waals surface area contributed by atoms with Gasteiger partial charge in [0.2, 0.25) is 5.91 Å². The van der Waals surface area contributed by atoms with Gasteiger partial charge in [-0.2, -0.15) is 0 Å². The molecule has 1 N–H and O–H groups in total. The zero-order valence-corrected chi connectivity index (χ0v) is 18.8. The molecule has 0 atom stereocenters. The molecule has 2 aromatic carbocycles. The molecule has 1 amide bonds. The van der Waals surface area contributed by atoms with Crippen LogP contribution in [-0.4, -0.2) is 31.3 Å². The molecule has 1 heterocycles. The normalized spacial score (nSPS) is 11.4. The number of nitro benzene ring substituents is 1. The Kier molecular flexibility index (Phi) is 6.74. The first-order valence-corrected chi connectivity index (χ1v) is 10.8. The molecular weight excluding hydrogens is 414 g/mol. The second-order valence-corrected chi connectivity index (χ2v) is 9.18. The quantitative estimate of drug-likeness (QED) is 0.322. The van der Waals surface area contributed by atoms with Gasteiger partial charge in [0.05, 0.1) is 4.92 Å². The molecular formula is C22H25N5O3S. The largest absolute Gasteiger partial charge is 0.320 e. The maximum atomic E-state index is 12.2. The lowest BCUT2D eigenvalue weighted by Crippen LogP contribution is -2.13. The summed E-state index contributed by atoms with van der Waals surface area (Å²) in [7, 11) is 1.89. The fraction of sp³-hybridized carbons (Fsp3) is 0.318. The summed E-state index contributed by atoms with van der Waals surface area (Å²) in [5.74, 6) is 0.941. The maximum Gasteiger partial charge on any atom is 0.292 e. The Morgan fingerprint density at radius 1 is 1.13 bits per heavy atom. The van der Waals surface area contributed by atoms with Crippen LogP contribution in [0.25, 0.3) is 11.4 Å². The van der Waals surface area contributed by atoms with Gasteiger partial charge in [-0.3, -0.25) is 14.9 Å². The number of nitrogens with zero attached hydrogens (tertiary/aromatic N) is 4. The molecule has 162 valence electrons. The number of amides is 1. The third-order valence-corrected chi connectivity index (χ3v) is 5.80. The summed E-state index contributed by atoms with van der Waals surface area (Å²) >= 11 is 1.41. The summed E-state index contributed by atoms with van der Waals surface area (Å²) in [5, 5.41) is 22.9. The SMILES string of the molecule is Cn1c(SCCC(=O)Nc2ccccc2[N+](=O)[O-])nnc1-c1ccc(C(C)(C)C)cc1. The van der Waals surface area contributed by atoms with Crippen LogP contribution >= 0.6 is 11.8 Å². The summed E-state index contributed by atoms with van der Waals surface area (Å²) in [6, 6.07) is 14.4. The number of anilines is 1. The Bertz CT molecular complexity index is 1090. The molecule has 0 aliphatic carbocycles. The van der Waals surface area contributed by atoms with Gasteiger partial charge in [0.1, 0.15) is 5.69 Å². The molecule has 0 saturated carbocycles. The van der Waals surface area contributed by atoms with Crippen molar-refractivity contribution in [2.24, 2.45) is 7.05 Å². The summed E-state index contributed by atoms with van der Waals surface area (Å²) in [5.41, 5.74) is 2.38. The van der Waals surface area contributed by atoms with Crippen molar-refractivity contribution in [2.75, 3.05) is 11.1 Å². The van der Waals surface area contributed by atoms with Crippen LogP contribution in [-0.2, 0) is 17.3 Å². The van der Waals surface area contributed by atoms with Crippen molar-refractivity contribution in [3.8, 4) is 11.4 Å². The fourth-order valence-electron chi connectivity index (χ4n) is 3.00. The molecule has 31 heavy (non-hydrogen) atoms. The highest BCUT2D eigenvalue weighted by Crippen LogP contribution is 2.27. The summed E-state index contributed by atoms with van der Waals surface area (Å²) in [4.78, 5) is 22.8. The number of hydrogen-bond acceptors (Lipinski definition) is 6. The van der Waals surface area contributed by atoms with Gasteiger partial charge < -0.3 is 9.88 Å². The number of aromatic nitrogens is 3. The average Bonchev–Trinajstić information content (AvgIpc) is 3.08. The van der Waals surface area contributed by atoms with Gasteiger partial charge in [0, 0.05) is 30.9 Å². The van der Waals surface area contributed by atoms with E-state index in [1.807, 2.05) is 23.7 Å². The Morgan fingerprint density at radius 3 is 2.45 bits per heavy atom. The maximum absolute atomic E-state index is 12.2. The van der Waals surface area contributed by atoms with E-state index >= 15 is 0 Å². The molecule has 0 unspecified atom stereocenters. The molecule has 0 spiro atoms. The van der Waals surface area contributed by atoms with Crippen molar-refractivity contribution in [3.63, 3.8) is 0 Å². The first-order valence-electron chi connectivity index (χ1n) is 9.83. The van der Waals surface area contributed by atoms with Gasteiger partial charge in [0.25, 0.3) is 5.69 Å². The number of nitrogens with one attached hydrogen (secondary N) is 1. The topological polar surface area (TPSA) is 103 Å². The second kappa shape index (κ2) is 9.30. The monoisotopic (exact) mass is 439 g/mol. The van der Waals surface area contributed by atoms with E-state index in [2.05, 4.69) is 48.4 Å². The van der Waals surface area contributed by atoms with E-state index in [1.54, 1.807) is 12.1 Å². The van der Waals surface area contributed by atoms with Crippen molar-refractivity contribution in [3.05, 3.63) is 64.2 Å². The predicted octanol–water partition coefficient (Wildman–Crippen LogP) is 4.81. The average molecular weight is 440 g/mol. The van der Waals surface area contributed by atoms with Crippen LogP contribution in [0.1, 0.15) is 32.8 Å². The molecule has 3 aromatic rings. The Balaban J connectivity index is 1.59. The Labute approximate surface area is 185 Å². The number of rotatable bonds is 7. The third-order valence-electron chi connectivity index (χ3n) is 4.78. The highest BCUT2D eigenvalue weighted by Gasteiger charge is 2.17. The molecule has 0 radical (unpaired) electrons. The van der Waals surface area contributed by atoms with Crippen molar-refractivity contribution in [2.45, 2.75) is 37.8 Å². The molecule has 9 heteroatoms. The lowest BCUT2D eigenvalue weighted by atomic mass is 9.87. The Hall–Kier alpha value is -3.20. The van der Waals surface area contributed by atoms with E-state index in [9.17, 15) is 14.9 Å². The minimum absolute atomic E-state index is 0.0835. The molecule has 0 aliphatic heterocycles. The van der Waals surface area contributed by atoms with Crippen LogP contribution in [0, 0.1) is 10.1 Å². The van der Waals surface area contributed by atoms with Crippen LogP contribution < -0.4 is 5.32 Å². The highest BCUT2D eigenvalue weighted by molar-refractivity contribution is 7.99. The molecule has 0 bridgehead atoms. The number of thioether (sulfide) groups is 1. The molecule has 0 saturated heterocycles. The van der Waals surface area contributed by atoms with Gasteiger partial charge in [-0.25, -0.2) is 0 Å². The van der Waals surface area contributed by atoms with Crippen molar-refractivity contribution >= 4 is 29.0 Å². The molecule has 1 aromatic heterocycles. The van der Waals surface area contributed by atoms with Gasteiger partial charge in [-0.15, -0.1) is 10.2 Å². The van der Waals surface area contributed by atoms with Crippen LogP contribution in [0.4, 0.5) is 11.4 Å². The van der Waals surface area contributed by atoms with Crippen molar-refractivity contribution in [1.82, 2.24) is 14.8 Å². The number of benzene rings is 2. The summed E-state index contributed by atoms with van der Waals surface area (Å²) in [6.45, 7) is 6.52. The second-order valence-electron chi connectivity index (χ2n) is 8.11. The number of carbonyl (C=O) groups excluding carboxylic acids is 1. The predicted molar refractivity (Wildman–Crippen MR) is 122 cm³/mol. The summed E-state index contributed by atoms with van der Waals surface area (Å²) < 4.78 is 1.90. The van der Waals surface area contributed by atoms with Crippen LogP contribution in [0.3, 0.4) is 0 Å². The number of para-hydroxylation sites is 2. The van der Waals surface area contributed by atoms with E-state index in [1.165, 1.54) is 29.5 Å². The lowest BCUT2D eigenvalue weighted by molar-refractivity contribution is -0.383. The smallest absolute Gasteiger partial charge is 0.292 e. The Morgan fingerprint density at radius 2 is 1.81 bits per heavy atom. The van der Waals surface area contributed by atoms with Gasteiger partial charge in [-0.05, 0) is 17.0 Å². The first kappa shape index (κ1) is 22.5. The molecule has 3 rings (SSSR count). The molecule has 8 nitrogen and oxygen atoms in total. The summed E-state index contributed by atoms with van der Waals surface area (Å²) in [6.07, 6.45) is 0.194. The van der Waals surface area contributed by atoms with Crippen LogP contribution in [0.5, 0.6) is 0 Å². The molecule has 0 aliphatic rings. The lowest BCUT2D eigenvalue weighted by Gasteiger charge is -2.19. The van der Waals surface area contributed by atoms with E-state index in [4.69, 9.17) is 0 Å². The number of hydrogen-bond donors (Lipinski definition) is 1. The van der Waals surface area contributed by atoms with E-state index < -0.39 is 4.92 Å². The van der Waals surface area contributed by atoms with E-state index in [0.717, 1.165) is 11.4 Å². The number of nitro groups is 1. The van der Waals surface area contributed by atoms with E-state index in [-0.39, 0.29) is 29.1 Å². The highest BCUT2D eigenvalue weighted by atomic mass is 32.2. The van der Waals surface area contributed by atoms with Gasteiger partial charge in [0.15, 0.2) is 11.0 Å². The zero-order valence-electron chi connectivity index (χ0n) is 18.0. The van der Waals surface area contributed by atoms with Crippen LogP contribution in [0.2, 0.25) is 0 Å². The zero-order chi connectivity index (χ0) is 22.6. The van der Waals surface area contributed by atoms with E-state index in [0.29, 0.717) is 10.9 Å². The van der Waals surface area contributed by atoms with Crippen LogP contribution in [0.15, 0.2) is 53.7 Å². The third kappa shape index (κ3) is 5.49. The first-order chi connectivity index (χ1) is 14.7. The standard InChI is InChI=1S/C22H25N5O3S/c1-22(2,3)16-11-9-15(10-12-16)20-24-25-21(26(20)4)31-14-13-19(28)23-17-7-5-6-8-18(17)27(29)30/h5-12H,13-14H2,1-4H3,(H,23,28).